The Labute approximate surface area is 151 Å². The first kappa shape index (κ1) is 17.2. The van der Waals surface area contributed by atoms with E-state index in [1.165, 1.54) is 0 Å². The van der Waals surface area contributed by atoms with Gasteiger partial charge in [-0.3, -0.25) is 4.40 Å². The van der Waals surface area contributed by atoms with Gasteiger partial charge >= 0.3 is 6.18 Å². The standard InChI is InChI=1S/C16H15F3N8/c1-9-10(2)14-23-24-15(16(17,18)19)27(14)25-13(9)20-7-6-12-22-21-11-5-3-4-8-26(11)12/h3-5,8H,6-7H2,1-2H3,(H,20,25). The molecule has 0 aliphatic rings. The Morgan fingerprint density at radius 2 is 1.85 bits per heavy atom. The fraction of sp³-hybridized carbons (Fsp3) is 0.312. The molecule has 140 valence electrons. The normalized spacial score (nSPS) is 12.2. The maximum absolute atomic E-state index is 13.1. The molecule has 0 aliphatic carbocycles. The zero-order chi connectivity index (χ0) is 19.2. The highest BCUT2D eigenvalue weighted by Gasteiger charge is 2.38. The molecule has 4 rings (SSSR count). The van der Waals surface area contributed by atoms with E-state index in [9.17, 15) is 13.2 Å². The molecule has 0 spiro atoms. The van der Waals surface area contributed by atoms with E-state index in [0.717, 1.165) is 21.6 Å². The first-order valence-electron chi connectivity index (χ1n) is 8.18. The van der Waals surface area contributed by atoms with Gasteiger partial charge in [-0.15, -0.1) is 25.5 Å². The van der Waals surface area contributed by atoms with Crippen molar-refractivity contribution in [2.45, 2.75) is 26.4 Å². The second-order valence-corrected chi connectivity index (χ2v) is 6.08. The highest BCUT2D eigenvalue weighted by molar-refractivity contribution is 5.58. The molecule has 0 atom stereocenters. The van der Waals surface area contributed by atoms with Gasteiger partial charge in [0.1, 0.15) is 11.6 Å². The van der Waals surface area contributed by atoms with Crippen LogP contribution in [-0.4, -0.2) is 41.0 Å². The van der Waals surface area contributed by atoms with E-state index in [4.69, 9.17) is 0 Å². The van der Waals surface area contributed by atoms with Crippen molar-refractivity contribution >= 4 is 17.1 Å². The summed E-state index contributed by atoms with van der Waals surface area (Å²) in [4.78, 5) is 0. The second-order valence-electron chi connectivity index (χ2n) is 6.08. The number of fused-ring (bicyclic) bond motifs is 2. The number of aryl methyl sites for hydroxylation is 1. The summed E-state index contributed by atoms with van der Waals surface area (Å²) in [5.41, 5.74) is 2.13. The van der Waals surface area contributed by atoms with Crippen molar-refractivity contribution in [2.75, 3.05) is 11.9 Å². The Kier molecular flexibility index (Phi) is 3.93. The summed E-state index contributed by atoms with van der Waals surface area (Å²) in [6.07, 6.45) is -2.25. The predicted molar refractivity (Wildman–Crippen MR) is 90.4 cm³/mol. The van der Waals surface area contributed by atoms with E-state index in [1.807, 2.05) is 28.8 Å². The minimum Gasteiger partial charge on any atom is -0.368 e. The van der Waals surface area contributed by atoms with Crippen molar-refractivity contribution in [2.24, 2.45) is 0 Å². The molecule has 0 bridgehead atoms. The third-order valence-electron chi connectivity index (χ3n) is 4.37. The van der Waals surface area contributed by atoms with E-state index in [2.05, 4.69) is 30.8 Å². The van der Waals surface area contributed by atoms with Crippen molar-refractivity contribution in [3.63, 3.8) is 0 Å². The molecule has 0 fully saturated rings. The van der Waals surface area contributed by atoms with Crippen LogP contribution in [0.4, 0.5) is 19.0 Å². The van der Waals surface area contributed by atoms with Gasteiger partial charge in [-0.1, -0.05) is 6.07 Å². The lowest BCUT2D eigenvalue weighted by molar-refractivity contribution is -0.146. The van der Waals surface area contributed by atoms with Crippen molar-refractivity contribution in [3.8, 4) is 0 Å². The molecule has 4 aromatic rings. The van der Waals surface area contributed by atoms with E-state index in [1.54, 1.807) is 13.8 Å². The van der Waals surface area contributed by atoms with Crippen LogP contribution in [0.5, 0.6) is 0 Å². The van der Waals surface area contributed by atoms with Crippen LogP contribution < -0.4 is 5.32 Å². The number of hydrogen-bond donors (Lipinski definition) is 1. The Balaban J connectivity index is 1.61. The maximum atomic E-state index is 13.1. The monoisotopic (exact) mass is 376 g/mol. The topological polar surface area (TPSA) is 85.3 Å². The third-order valence-corrected chi connectivity index (χ3v) is 4.37. The Morgan fingerprint density at radius 1 is 1.04 bits per heavy atom. The van der Waals surface area contributed by atoms with E-state index < -0.39 is 12.0 Å². The van der Waals surface area contributed by atoms with Crippen molar-refractivity contribution in [1.82, 2.24) is 34.4 Å². The van der Waals surface area contributed by atoms with Crippen LogP contribution in [0, 0.1) is 13.8 Å². The van der Waals surface area contributed by atoms with Gasteiger partial charge in [0.05, 0.1) is 0 Å². The lowest BCUT2D eigenvalue weighted by atomic mass is 10.2. The average molecular weight is 376 g/mol. The van der Waals surface area contributed by atoms with Crippen molar-refractivity contribution in [1.29, 1.82) is 0 Å². The molecule has 4 aromatic heterocycles. The summed E-state index contributed by atoms with van der Waals surface area (Å²) in [6, 6.07) is 5.59. The lowest BCUT2D eigenvalue weighted by Crippen LogP contribution is -2.16. The smallest absolute Gasteiger partial charge is 0.368 e. The maximum Gasteiger partial charge on any atom is 0.453 e. The van der Waals surface area contributed by atoms with Gasteiger partial charge in [-0.25, -0.2) is 0 Å². The molecule has 11 heteroatoms. The first-order chi connectivity index (χ1) is 12.9. The van der Waals surface area contributed by atoms with Crippen molar-refractivity contribution < 1.29 is 13.2 Å². The SMILES string of the molecule is Cc1c(NCCc2nnc3ccccn23)nn2c(C(F)(F)F)nnc2c1C. The zero-order valence-electron chi connectivity index (χ0n) is 14.5. The van der Waals surface area contributed by atoms with Gasteiger partial charge in [-0.05, 0) is 31.5 Å². The highest BCUT2D eigenvalue weighted by Crippen LogP contribution is 2.29. The van der Waals surface area contributed by atoms with Gasteiger partial charge in [0.15, 0.2) is 11.3 Å². The second kappa shape index (κ2) is 6.18. The van der Waals surface area contributed by atoms with Crippen molar-refractivity contribution in [3.05, 3.63) is 47.2 Å². The molecule has 27 heavy (non-hydrogen) atoms. The molecule has 4 heterocycles. The minimum absolute atomic E-state index is 0.0915. The van der Waals surface area contributed by atoms with Crippen LogP contribution in [0.15, 0.2) is 24.4 Å². The molecule has 0 saturated carbocycles. The van der Waals surface area contributed by atoms with Crippen LogP contribution in [0.25, 0.3) is 11.3 Å². The largest absolute Gasteiger partial charge is 0.453 e. The van der Waals surface area contributed by atoms with Gasteiger partial charge in [-0.2, -0.15) is 17.7 Å². The number of nitrogens with one attached hydrogen (secondary N) is 1. The molecule has 0 aliphatic heterocycles. The van der Waals surface area contributed by atoms with Gasteiger partial charge in [0.2, 0.25) is 0 Å². The van der Waals surface area contributed by atoms with Crippen LogP contribution in [0.3, 0.4) is 0 Å². The van der Waals surface area contributed by atoms with Crippen LogP contribution in [0.2, 0.25) is 0 Å². The van der Waals surface area contributed by atoms with Gasteiger partial charge in [0, 0.05) is 24.7 Å². The summed E-state index contributed by atoms with van der Waals surface area (Å²) in [5.74, 6) is -0.0555. The Hall–Kier alpha value is -3.24. The van der Waals surface area contributed by atoms with E-state index in [-0.39, 0.29) is 5.65 Å². The van der Waals surface area contributed by atoms with E-state index in [0.29, 0.717) is 24.3 Å². The summed E-state index contributed by atoms with van der Waals surface area (Å²) >= 11 is 0. The number of nitrogens with zero attached hydrogens (tertiary/aromatic N) is 7. The average Bonchev–Trinajstić information content (AvgIpc) is 3.23. The molecule has 1 N–H and O–H groups in total. The van der Waals surface area contributed by atoms with Crippen LogP contribution >= 0.6 is 0 Å². The fourth-order valence-electron chi connectivity index (χ4n) is 2.83. The lowest BCUT2D eigenvalue weighted by Gasteiger charge is -2.12. The summed E-state index contributed by atoms with van der Waals surface area (Å²) < 4.78 is 41.9. The fourth-order valence-corrected chi connectivity index (χ4v) is 2.83. The third kappa shape index (κ3) is 2.94. The molecule has 0 unspecified atom stereocenters. The summed E-state index contributed by atoms with van der Waals surface area (Å²) in [6.45, 7) is 3.90. The quantitative estimate of drug-likeness (QED) is 0.589. The number of aromatic nitrogens is 7. The number of hydrogen-bond acceptors (Lipinski definition) is 6. The minimum atomic E-state index is -4.63. The van der Waals surface area contributed by atoms with E-state index >= 15 is 0 Å². The summed E-state index contributed by atoms with van der Waals surface area (Å²) in [5, 5.41) is 22.2. The number of alkyl halides is 3. The van der Waals surface area contributed by atoms with Crippen LogP contribution in [-0.2, 0) is 12.6 Å². The molecule has 0 aromatic carbocycles. The molecular weight excluding hydrogens is 361 g/mol. The Morgan fingerprint density at radius 3 is 2.63 bits per heavy atom. The molecule has 0 radical (unpaired) electrons. The predicted octanol–water partition coefficient (Wildman–Crippen LogP) is 2.46. The Bertz CT molecular complexity index is 1130. The van der Waals surface area contributed by atoms with Gasteiger partial charge in [0.25, 0.3) is 5.82 Å². The molecular formula is C16H15F3N8. The first-order valence-corrected chi connectivity index (χ1v) is 8.18. The molecule has 0 saturated heterocycles. The van der Waals surface area contributed by atoms with Crippen LogP contribution in [0.1, 0.15) is 22.8 Å². The highest BCUT2D eigenvalue weighted by atomic mass is 19.4. The number of anilines is 1. The number of halogens is 3. The molecule has 0 amide bonds. The zero-order valence-corrected chi connectivity index (χ0v) is 14.5. The number of rotatable bonds is 4. The molecule has 8 nitrogen and oxygen atoms in total. The summed E-state index contributed by atoms with van der Waals surface area (Å²) in [7, 11) is 0. The number of pyridine rings is 1. The van der Waals surface area contributed by atoms with Gasteiger partial charge < -0.3 is 5.32 Å².